The molecule has 1 heterocycles. The first kappa shape index (κ1) is 24.1. The number of phenols is 2. The minimum atomic E-state index is -0.884. The topological polar surface area (TPSA) is 136 Å². The van der Waals surface area contributed by atoms with Gasteiger partial charge in [-0.3, -0.25) is 19.3 Å². The number of nitrogens with zero attached hydrogens (tertiary/aromatic N) is 2. The fourth-order valence-corrected chi connectivity index (χ4v) is 3.85. The van der Waals surface area contributed by atoms with Crippen molar-refractivity contribution in [2.45, 2.75) is 31.8 Å². The van der Waals surface area contributed by atoms with E-state index in [4.69, 9.17) is 5.73 Å². The first-order valence-electron chi connectivity index (χ1n) is 11.0. The maximum atomic E-state index is 13.1. The molecule has 0 spiro atoms. The van der Waals surface area contributed by atoms with Gasteiger partial charge in [0.05, 0.1) is 6.42 Å². The maximum absolute atomic E-state index is 13.1. The van der Waals surface area contributed by atoms with Gasteiger partial charge in [-0.2, -0.15) is 0 Å². The minimum Gasteiger partial charge on any atom is -0.508 e. The third-order valence-corrected chi connectivity index (χ3v) is 5.67. The number of aromatic hydroxyl groups is 2. The largest absolute Gasteiger partial charge is 0.508 e. The number of carbonyl (C=O) groups excluding carboxylic acids is 3. The number of nitrogens with one attached hydrogen (secondary N) is 1. The van der Waals surface area contributed by atoms with Crippen LogP contribution < -0.4 is 11.1 Å². The molecule has 1 saturated heterocycles. The first-order valence-corrected chi connectivity index (χ1v) is 11.0. The van der Waals surface area contributed by atoms with Gasteiger partial charge in [0.15, 0.2) is 0 Å². The highest BCUT2D eigenvalue weighted by Gasteiger charge is 2.29. The Bertz CT molecular complexity index is 974. The Kier molecular flexibility index (Phi) is 8.26. The predicted octanol–water partition coefficient (Wildman–Crippen LogP) is 0.735. The van der Waals surface area contributed by atoms with Crippen molar-refractivity contribution in [2.75, 3.05) is 26.2 Å². The van der Waals surface area contributed by atoms with E-state index in [2.05, 4.69) is 22.3 Å². The highest BCUT2D eigenvalue weighted by molar-refractivity contribution is 5.89. The second kappa shape index (κ2) is 11.3. The SMILES string of the molecule is NC(=O)CC[C@H](NC(=O)Cc1ccc(O)cc1O)C(=O)N1CCN(Cc2ccccc2)CC1. The average molecular weight is 455 g/mol. The number of benzene rings is 2. The van der Waals surface area contributed by atoms with Crippen LogP contribution in [0.5, 0.6) is 11.5 Å². The highest BCUT2D eigenvalue weighted by atomic mass is 16.3. The molecule has 1 aliphatic rings. The molecule has 0 bridgehead atoms. The summed E-state index contributed by atoms with van der Waals surface area (Å²) < 4.78 is 0. The number of phenolic OH excluding ortho intramolecular Hbond substituents is 2. The van der Waals surface area contributed by atoms with Gasteiger partial charge in [0.2, 0.25) is 17.7 Å². The number of hydrogen-bond acceptors (Lipinski definition) is 6. The van der Waals surface area contributed by atoms with Crippen LogP contribution in [-0.4, -0.2) is 70.0 Å². The summed E-state index contributed by atoms with van der Waals surface area (Å²) in [6, 6.07) is 13.2. The van der Waals surface area contributed by atoms with Crippen molar-refractivity contribution in [1.29, 1.82) is 0 Å². The van der Waals surface area contributed by atoms with E-state index in [9.17, 15) is 24.6 Å². The molecule has 1 fully saturated rings. The predicted molar refractivity (Wildman–Crippen MR) is 122 cm³/mol. The number of carbonyl (C=O) groups is 3. The molecule has 3 rings (SSSR count). The van der Waals surface area contributed by atoms with Crippen molar-refractivity contribution in [3.63, 3.8) is 0 Å². The van der Waals surface area contributed by atoms with Crippen molar-refractivity contribution < 1.29 is 24.6 Å². The summed E-state index contributed by atoms with van der Waals surface area (Å²) in [5.41, 5.74) is 6.79. The zero-order chi connectivity index (χ0) is 23.8. The van der Waals surface area contributed by atoms with Crippen LogP contribution in [0.25, 0.3) is 0 Å². The molecule has 0 aliphatic carbocycles. The van der Waals surface area contributed by atoms with Gasteiger partial charge in [-0.25, -0.2) is 0 Å². The molecular weight excluding hydrogens is 424 g/mol. The quantitative estimate of drug-likeness (QED) is 0.441. The molecule has 1 aliphatic heterocycles. The number of amides is 3. The van der Waals surface area contributed by atoms with E-state index in [-0.39, 0.29) is 36.7 Å². The van der Waals surface area contributed by atoms with Crippen LogP contribution in [0, 0.1) is 0 Å². The minimum absolute atomic E-state index is 0.0326. The number of hydrogen-bond donors (Lipinski definition) is 4. The van der Waals surface area contributed by atoms with Gasteiger partial charge in [0, 0.05) is 50.8 Å². The van der Waals surface area contributed by atoms with Crippen LogP contribution in [0.15, 0.2) is 48.5 Å². The number of nitrogens with two attached hydrogens (primary N) is 1. The fourth-order valence-electron chi connectivity index (χ4n) is 3.85. The van der Waals surface area contributed by atoms with Crippen molar-refractivity contribution in [2.24, 2.45) is 5.73 Å². The monoisotopic (exact) mass is 454 g/mol. The Hall–Kier alpha value is -3.59. The normalized spacial score (nSPS) is 15.1. The first-order chi connectivity index (χ1) is 15.8. The molecule has 176 valence electrons. The smallest absolute Gasteiger partial charge is 0.245 e. The summed E-state index contributed by atoms with van der Waals surface area (Å²) in [5, 5.41) is 22.0. The van der Waals surface area contributed by atoms with Crippen LogP contribution in [-0.2, 0) is 27.3 Å². The summed E-state index contributed by atoms with van der Waals surface area (Å²) in [6.45, 7) is 3.26. The lowest BCUT2D eigenvalue weighted by molar-refractivity contribution is -0.138. The van der Waals surface area contributed by atoms with Gasteiger partial charge in [0.25, 0.3) is 0 Å². The van der Waals surface area contributed by atoms with Crippen molar-refractivity contribution in [1.82, 2.24) is 15.1 Å². The maximum Gasteiger partial charge on any atom is 0.245 e. The number of primary amides is 1. The Balaban J connectivity index is 1.58. The van der Waals surface area contributed by atoms with Gasteiger partial charge in [-0.05, 0) is 18.1 Å². The molecule has 0 radical (unpaired) electrons. The van der Waals surface area contributed by atoms with Gasteiger partial charge in [0.1, 0.15) is 17.5 Å². The molecule has 9 nitrogen and oxygen atoms in total. The fraction of sp³-hybridized carbons (Fsp3) is 0.375. The summed E-state index contributed by atoms with van der Waals surface area (Å²) in [6.07, 6.45) is -0.0991. The molecule has 2 aromatic carbocycles. The third kappa shape index (κ3) is 7.21. The van der Waals surface area contributed by atoms with Crippen LogP contribution in [0.2, 0.25) is 0 Å². The van der Waals surface area contributed by atoms with Crippen LogP contribution in [0.3, 0.4) is 0 Å². The Labute approximate surface area is 192 Å². The molecule has 3 amide bonds. The zero-order valence-corrected chi connectivity index (χ0v) is 18.4. The summed E-state index contributed by atoms with van der Waals surface area (Å²) in [4.78, 5) is 41.0. The van der Waals surface area contributed by atoms with E-state index in [1.165, 1.54) is 17.7 Å². The lowest BCUT2D eigenvalue weighted by Gasteiger charge is -2.36. The second-order valence-electron chi connectivity index (χ2n) is 8.20. The van der Waals surface area contributed by atoms with E-state index in [1.807, 2.05) is 18.2 Å². The zero-order valence-electron chi connectivity index (χ0n) is 18.4. The lowest BCUT2D eigenvalue weighted by atomic mass is 10.1. The summed E-state index contributed by atoms with van der Waals surface area (Å²) in [7, 11) is 0. The molecule has 0 aromatic heterocycles. The molecule has 1 atom stereocenters. The lowest BCUT2D eigenvalue weighted by Crippen LogP contribution is -2.55. The van der Waals surface area contributed by atoms with Crippen molar-refractivity contribution >= 4 is 17.7 Å². The number of piperazine rings is 1. The standard InChI is InChI=1S/C24H30N4O5/c25-22(31)9-8-20(26-23(32)14-18-6-7-19(29)15-21(18)30)24(33)28-12-10-27(11-13-28)16-17-4-2-1-3-5-17/h1-7,15,20,29-30H,8-14,16H2,(H2,25,31)(H,26,32)/t20-/m0/s1. The molecule has 0 unspecified atom stereocenters. The van der Waals surface area contributed by atoms with E-state index >= 15 is 0 Å². The third-order valence-electron chi connectivity index (χ3n) is 5.67. The van der Waals surface area contributed by atoms with Crippen molar-refractivity contribution in [3.8, 4) is 11.5 Å². The number of rotatable bonds is 9. The van der Waals surface area contributed by atoms with Crippen LogP contribution in [0.4, 0.5) is 0 Å². The van der Waals surface area contributed by atoms with Gasteiger partial charge < -0.3 is 26.2 Å². The van der Waals surface area contributed by atoms with E-state index in [0.717, 1.165) is 12.6 Å². The van der Waals surface area contributed by atoms with Gasteiger partial charge >= 0.3 is 0 Å². The summed E-state index contributed by atoms with van der Waals surface area (Å²) >= 11 is 0. The van der Waals surface area contributed by atoms with Gasteiger partial charge in [-0.1, -0.05) is 36.4 Å². The Morgan fingerprint density at radius 1 is 1.00 bits per heavy atom. The van der Waals surface area contributed by atoms with E-state index in [1.54, 1.807) is 4.90 Å². The van der Waals surface area contributed by atoms with Crippen LogP contribution >= 0.6 is 0 Å². The molecule has 5 N–H and O–H groups in total. The summed E-state index contributed by atoms with van der Waals surface area (Å²) in [5.74, 6) is -1.59. The Morgan fingerprint density at radius 2 is 1.70 bits per heavy atom. The average Bonchev–Trinajstić information content (AvgIpc) is 2.79. The van der Waals surface area contributed by atoms with Crippen molar-refractivity contribution in [3.05, 3.63) is 59.7 Å². The van der Waals surface area contributed by atoms with E-state index < -0.39 is 17.9 Å². The molecule has 2 aromatic rings. The van der Waals surface area contributed by atoms with Crippen LogP contribution in [0.1, 0.15) is 24.0 Å². The molecule has 0 saturated carbocycles. The highest BCUT2D eigenvalue weighted by Crippen LogP contribution is 2.23. The van der Waals surface area contributed by atoms with Gasteiger partial charge in [-0.15, -0.1) is 0 Å². The molecular formula is C24H30N4O5. The molecule has 9 heteroatoms. The molecule has 33 heavy (non-hydrogen) atoms. The van der Waals surface area contributed by atoms with E-state index in [0.29, 0.717) is 31.7 Å². The Morgan fingerprint density at radius 3 is 2.33 bits per heavy atom. The second-order valence-corrected chi connectivity index (χ2v) is 8.20.